The minimum Gasteiger partial charge on any atom is -0.455 e. The van der Waals surface area contributed by atoms with Crippen LogP contribution in [0.25, 0.3) is 117 Å². The van der Waals surface area contributed by atoms with E-state index in [2.05, 4.69) is 150 Å². The Labute approximate surface area is 332 Å². The Morgan fingerprint density at radius 3 is 1.62 bits per heavy atom. The molecule has 0 N–H and O–H groups in total. The van der Waals surface area contributed by atoms with Gasteiger partial charge in [-0.25, -0.2) is 9.97 Å². The minimum absolute atomic E-state index is 0.578. The summed E-state index contributed by atoms with van der Waals surface area (Å²) in [6.07, 6.45) is 0. The fourth-order valence-corrected chi connectivity index (χ4v) is 8.52. The van der Waals surface area contributed by atoms with Crippen LogP contribution in [0.3, 0.4) is 0 Å². The Balaban J connectivity index is 0.981. The lowest BCUT2D eigenvalue weighted by atomic mass is 9.97. The van der Waals surface area contributed by atoms with Crippen molar-refractivity contribution in [3.05, 3.63) is 188 Å². The van der Waals surface area contributed by atoms with Crippen molar-refractivity contribution in [2.75, 3.05) is 0 Å². The van der Waals surface area contributed by atoms with Crippen molar-refractivity contribution in [1.82, 2.24) is 24.5 Å². The first-order valence-electron chi connectivity index (χ1n) is 19.4. The van der Waals surface area contributed by atoms with Gasteiger partial charge in [0.2, 0.25) is 5.95 Å². The van der Waals surface area contributed by atoms with Crippen molar-refractivity contribution < 1.29 is 4.42 Å². The maximum absolute atomic E-state index is 6.72. The third-order valence-electron chi connectivity index (χ3n) is 11.3. The van der Waals surface area contributed by atoms with E-state index in [4.69, 9.17) is 24.4 Å². The molecule has 0 aliphatic heterocycles. The highest BCUT2D eigenvalue weighted by Gasteiger charge is 2.20. The maximum Gasteiger partial charge on any atom is 0.238 e. The molecule has 0 aliphatic carbocycles. The molecule has 0 aliphatic rings. The van der Waals surface area contributed by atoms with E-state index in [1.54, 1.807) is 0 Å². The van der Waals surface area contributed by atoms with Crippen molar-refractivity contribution in [3.63, 3.8) is 0 Å². The Kier molecular flexibility index (Phi) is 7.13. The first-order chi connectivity index (χ1) is 28.7. The highest BCUT2D eigenvalue weighted by molar-refractivity contribution is 6.25. The number of para-hydroxylation sites is 3. The second kappa shape index (κ2) is 12.8. The molecule has 0 spiro atoms. The van der Waals surface area contributed by atoms with E-state index in [1.165, 1.54) is 0 Å². The number of rotatable bonds is 5. The zero-order chi connectivity index (χ0) is 38.2. The normalized spacial score (nSPS) is 11.8. The first-order valence-corrected chi connectivity index (χ1v) is 19.4. The molecule has 8 aromatic carbocycles. The van der Waals surface area contributed by atoms with Crippen LogP contribution >= 0.6 is 0 Å². The van der Waals surface area contributed by atoms with Gasteiger partial charge in [-0.2, -0.15) is 9.97 Å². The number of hydrogen-bond acceptors (Lipinski definition) is 5. The van der Waals surface area contributed by atoms with Crippen LogP contribution in [0.5, 0.6) is 0 Å². The summed E-state index contributed by atoms with van der Waals surface area (Å²) in [5, 5.41) is 7.69. The van der Waals surface area contributed by atoms with Gasteiger partial charge in [0.05, 0.1) is 22.2 Å². The second-order valence-electron chi connectivity index (χ2n) is 14.6. The summed E-state index contributed by atoms with van der Waals surface area (Å²) in [7, 11) is 0. The molecule has 58 heavy (non-hydrogen) atoms. The van der Waals surface area contributed by atoms with Gasteiger partial charge in [0.1, 0.15) is 11.2 Å². The summed E-state index contributed by atoms with van der Waals surface area (Å²) in [5.74, 6) is 1.81. The van der Waals surface area contributed by atoms with E-state index in [9.17, 15) is 0 Å². The van der Waals surface area contributed by atoms with Crippen LogP contribution in [-0.4, -0.2) is 24.5 Å². The van der Waals surface area contributed by atoms with Crippen LogP contribution in [0.2, 0.25) is 0 Å². The van der Waals surface area contributed by atoms with Crippen LogP contribution in [0, 0.1) is 0 Å². The third kappa shape index (κ3) is 5.05. The average molecular weight is 742 g/mol. The first kappa shape index (κ1) is 32.3. The van der Waals surface area contributed by atoms with Crippen molar-refractivity contribution in [1.29, 1.82) is 0 Å². The fourth-order valence-electron chi connectivity index (χ4n) is 8.52. The van der Waals surface area contributed by atoms with Crippen molar-refractivity contribution in [2.45, 2.75) is 0 Å². The summed E-state index contributed by atoms with van der Waals surface area (Å²) in [5.41, 5.74) is 10.8. The standard InChI is InChI=1S/C52H31N5O/c1-3-13-33(14-4-1)48-41-29-28-39-42-31-36(27-30-46(42)58-49(39)47(41)40-19-7-10-20-43(40)53-48)32-23-25-35(26-24-32)51-54-50(34-15-5-2-6-16-34)55-52(56-51)57-44-21-11-8-17-37(44)38-18-9-12-22-45(38)57/h1-31H. The smallest absolute Gasteiger partial charge is 0.238 e. The lowest BCUT2D eigenvalue weighted by molar-refractivity contribution is 0.673. The van der Waals surface area contributed by atoms with Crippen LogP contribution in [0.1, 0.15) is 0 Å². The summed E-state index contributed by atoms with van der Waals surface area (Å²) < 4.78 is 8.87. The highest BCUT2D eigenvalue weighted by atomic mass is 16.3. The van der Waals surface area contributed by atoms with Crippen molar-refractivity contribution in [2.24, 2.45) is 0 Å². The van der Waals surface area contributed by atoms with Gasteiger partial charge in [-0.05, 0) is 47.5 Å². The van der Waals surface area contributed by atoms with Gasteiger partial charge in [0, 0.05) is 54.4 Å². The molecule has 0 fully saturated rings. The molecule has 0 radical (unpaired) electrons. The van der Waals surface area contributed by atoms with Crippen LogP contribution < -0.4 is 0 Å². The average Bonchev–Trinajstić information content (AvgIpc) is 3.85. The van der Waals surface area contributed by atoms with Crippen LogP contribution in [-0.2, 0) is 0 Å². The second-order valence-corrected chi connectivity index (χ2v) is 14.6. The zero-order valence-electron chi connectivity index (χ0n) is 31.0. The SMILES string of the molecule is c1ccc(-c2nc(-c3ccc(-c4ccc5oc6c(ccc7c(-c8ccccc8)nc8ccccc8c76)c5c4)cc3)nc(-n3c4ccccc4c4ccccc43)n2)cc1. The molecular weight excluding hydrogens is 711 g/mol. The molecular formula is C52H31N5O. The quantitative estimate of drug-likeness (QED) is 0.164. The molecule has 4 aromatic heterocycles. The molecule has 6 nitrogen and oxygen atoms in total. The Morgan fingerprint density at radius 1 is 0.362 bits per heavy atom. The molecule has 12 rings (SSSR count). The molecule has 0 saturated carbocycles. The molecule has 0 amide bonds. The Morgan fingerprint density at radius 2 is 0.914 bits per heavy atom. The predicted molar refractivity (Wildman–Crippen MR) is 236 cm³/mol. The Bertz CT molecular complexity index is 3500. The van der Waals surface area contributed by atoms with E-state index < -0.39 is 0 Å². The molecule has 0 unspecified atom stereocenters. The number of pyridine rings is 1. The van der Waals surface area contributed by atoms with Gasteiger partial charge >= 0.3 is 0 Å². The monoisotopic (exact) mass is 741 g/mol. The number of nitrogens with zero attached hydrogens (tertiary/aromatic N) is 5. The topological polar surface area (TPSA) is 69.6 Å². The summed E-state index contributed by atoms with van der Waals surface area (Å²) in [4.78, 5) is 20.4. The molecule has 12 aromatic rings. The third-order valence-corrected chi connectivity index (χ3v) is 11.3. The molecule has 4 heterocycles. The van der Waals surface area contributed by atoms with Gasteiger partial charge < -0.3 is 4.42 Å². The Hall–Kier alpha value is -7.96. The summed E-state index contributed by atoms with van der Waals surface area (Å²) >= 11 is 0. The van der Waals surface area contributed by atoms with Crippen molar-refractivity contribution in [3.8, 4) is 51.1 Å². The van der Waals surface area contributed by atoms with E-state index in [-0.39, 0.29) is 0 Å². The van der Waals surface area contributed by atoms with Gasteiger partial charge in [0.25, 0.3) is 0 Å². The summed E-state index contributed by atoms with van der Waals surface area (Å²) in [6, 6.07) is 65.0. The molecule has 270 valence electrons. The van der Waals surface area contributed by atoms with E-state index in [1.807, 2.05) is 42.5 Å². The predicted octanol–water partition coefficient (Wildman–Crippen LogP) is 13.2. The minimum atomic E-state index is 0.578. The number of aromatic nitrogens is 5. The van der Waals surface area contributed by atoms with Crippen LogP contribution in [0.15, 0.2) is 192 Å². The van der Waals surface area contributed by atoms with Gasteiger partial charge in [-0.1, -0.05) is 152 Å². The fraction of sp³-hybridized carbons (Fsp3) is 0. The van der Waals surface area contributed by atoms with Gasteiger partial charge in [-0.3, -0.25) is 4.57 Å². The maximum atomic E-state index is 6.72. The van der Waals surface area contributed by atoms with Gasteiger partial charge in [0.15, 0.2) is 11.6 Å². The zero-order valence-corrected chi connectivity index (χ0v) is 31.0. The molecule has 0 bridgehead atoms. The van der Waals surface area contributed by atoms with Crippen LogP contribution in [0.4, 0.5) is 0 Å². The molecule has 6 heteroatoms. The number of hydrogen-bond donors (Lipinski definition) is 0. The number of fused-ring (bicyclic) bond motifs is 10. The summed E-state index contributed by atoms with van der Waals surface area (Å²) in [6.45, 7) is 0. The number of benzene rings is 8. The van der Waals surface area contributed by atoms with Gasteiger partial charge in [-0.15, -0.1) is 0 Å². The largest absolute Gasteiger partial charge is 0.455 e. The highest BCUT2D eigenvalue weighted by Crippen LogP contribution is 2.42. The van der Waals surface area contributed by atoms with E-state index in [0.717, 1.165) is 98.9 Å². The molecule has 0 saturated heterocycles. The van der Waals surface area contributed by atoms with E-state index >= 15 is 0 Å². The van der Waals surface area contributed by atoms with E-state index in [0.29, 0.717) is 17.6 Å². The van der Waals surface area contributed by atoms with Crippen molar-refractivity contribution >= 4 is 65.4 Å². The lowest BCUT2D eigenvalue weighted by Crippen LogP contribution is -2.06. The lowest BCUT2D eigenvalue weighted by Gasteiger charge is -2.11. The molecule has 0 atom stereocenters. The number of furan rings is 1.